The maximum atomic E-state index is 12.7. The maximum Gasteiger partial charge on any atom is 0.358 e. The molecular weight excluding hydrogens is 232 g/mol. The van der Waals surface area contributed by atoms with Crippen LogP contribution in [0.15, 0.2) is 34.9 Å². The Morgan fingerprint density at radius 3 is 2.65 bits per heavy atom. The molecule has 0 amide bonds. The lowest BCUT2D eigenvalue weighted by molar-refractivity contribution is 0.0685. The second-order valence-corrected chi connectivity index (χ2v) is 3.27. The number of alkyl halides is 2. The lowest BCUT2D eigenvalue weighted by Gasteiger charge is -2.04. The van der Waals surface area contributed by atoms with Crippen molar-refractivity contribution in [1.82, 2.24) is 5.16 Å². The fourth-order valence-electron chi connectivity index (χ4n) is 1.41. The summed E-state index contributed by atoms with van der Waals surface area (Å²) >= 11 is 0. The third-order valence-corrected chi connectivity index (χ3v) is 2.19. The van der Waals surface area contributed by atoms with E-state index >= 15 is 0 Å². The van der Waals surface area contributed by atoms with Crippen LogP contribution in [-0.2, 0) is 0 Å². The Morgan fingerprint density at radius 2 is 2.06 bits per heavy atom. The number of halogens is 2. The molecule has 88 valence electrons. The van der Waals surface area contributed by atoms with Crippen LogP contribution in [0.3, 0.4) is 0 Å². The van der Waals surface area contributed by atoms with E-state index < -0.39 is 12.4 Å². The molecule has 0 radical (unpaired) electrons. The summed E-state index contributed by atoms with van der Waals surface area (Å²) in [6, 6.07) is 6.82. The molecule has 17 heavy (non-hydrogen) atoms. The topological polar surface area (TPSA) is 63.3 Å². The molecule has 0 unspecified atom stereocenters. The van der Waals surface area contributed by atoms with Gasteiger partial charge in [-0.15, -0.1) is 0 Å². The number of carboxylic acid groups (broad SMARTS) is 1. The van der Waals surface area contributed by atoms with Crippen LogP contribution in [0.4, 0.5) is 8.78 Å². The van der Waals surface area contributed by atoms with Crippen LogP contribution in [0.1, 0.15) is 22.5 Å². The summed E-state index contributed by atoms with van der Waals surface area (Å²) in [6.45, 7) is 0. The number of aromatic carboxylic acids is 1. The van der Waals surface area contributed by atoms with Gasteiger partial charge in [-0.05, 0) is 0 Å². The monoisotopic (exact) mass is 239 g/mol. The van der Waals surface area contributed by atoms with E-state index in [9.17, 15) is 13.6 Å². The van der Waals surface area contributed by atoms with Gasteiger partial charge in [-0.25, -0.2) is 13.6 Å². The van der Waals surface area contributed by atoms with Crippen LogP contribution in [-0.4, -0.2) is 16.2 Å². The third kappa shape index (κ3) is 2.15. The van der Waals surface area contributed by atoms with Crippen molar-refractivity contribution >= 4 is 5.97 Å². The number of hydrogen-bond donors (Lipinski definition) is 1. The van der Waals surface area contributed by atoms with Gasteiger partial charge in [0.2, 0.25) is 0 Å². The first-order valence-electron chi connectivity index (χ1n) is 4.67. The van der Waals surface area contributed by atoms with Crippen LogP contribution < -0.4 is 0 Å². The van der Waals surface area contributed by atoms with E-state index in [4.69, 9.17) is 9.63 Å². The molecule has 1 heterocycles. The predicted octanol–water partition coefficient (Wildman–Crippen LogP) is 2.98. The number of aromatic nitrogens is 1. The summed E-state index contributed by atoms with van der Waals surface area (Å²) in [4.78, 5) is 10.6. The molecule has 2 aromatic rings. The van der Waals surface area contributed by atoms with Crippen molar-refractivity contribution in [3.8, 4) is 11.3 Å². The van der Waals surface area contributed by atoms with Gasteiger partial charge in [0.1, 0.15) is 0 Å². The molecule has 0 saturated heterocycles. The Labute approximate surface area is 94.5 Å². The van der Waals surface area contributed by atoms with Crippen LogP contribution in [0.2, 0.25) is 0 Å². The van der Waals surface area contributed by atoms with Crippen molar-refractivity contribution in [3.63, 3.8) is 0 Å². The molecule has 0 saturated carbocycles. The van der Waals surface area contributed by atoms with Crippen LogP contribution in [0.5, 0.6) is 0 Å². The molecule has 0 bridgehead atoms. The van der Waals surface area contributed by atoms with Gasteiger partial charge in [0.05, 0.1) is 0 Å². The fourth-order valence-corrected chi connectivity index (χ4v) is 1.41. The molecule has 0 fully saturated rings. The van der Waals surface area contributed by atoms with Crippen LogP contribution in [0.25, 0.3) is 11.3 Å². The highest BCUT2D eigenvalue weighted by atomic mass is 19.3. The minimum absolute atomic E-state index is 0.0123. The molecule has 4 nitrogen and oxygen atoms in total. The summed E-state index contributed by atoms with van der Waals surface area (Å²) in [6.07, 6.45) is -2.66. The van der Waals surface area contributed by atoms with Gasteiger partial charge in [0, 0.05) is 17.2 Å². The zero-order valence-electron chi connectivity index (χ0n) is 8.43. The number of carboxylic acids is 1. The molecule has 0 aliphatic rings. The largest absolute Gasteiger partial charge is 0.476 e. The quantitative estimate of drug-likeness (QED) is 0.894. The normalized spacial score (nSPS) is 10.8. The first-order valence-corrected chi connectivity index (χ1v) is 4.67. The lowest BCUT2D eigenvalue weighted by atomic mass is 10.1. The molecular formula is C11H7F2NO3. The van der Waals surface area contributed by atoms with Gasteiger partial charge < -0.3 is 9.63 Å². The Hall–Kier alpha value is -2.24. The Balaban J connectivity index is 2.48. The fraction of sp³-hybridized carbons (Fsp3) is 0.0909. The minimum Gasteiger partial charge on any atom is -0.476 e. The average molecular weight is 239 g/mol. The van der Waals surface area contributed by atoms with Gasteiger partial charge in [-0.2, -0.15) is 0 Å². The molecule has 2 rings (SSSR count). The standard InChI is InChI=1S/C11H7F2NO3/c12-10(13)7-4-2-1-3-6(7)9-5-8(11(15)16)14-17-9/h1-5,10H,(H,15,16). The molecule has 1 aromatic heterocycles. The van der Waals surface area contributed by atoms with Gasteiger partial charge >= 0.3 is 5.97 Å². The van der Waals surface area contributed by atoms with Crippen LogP contribution >= 0.6 is 0 Å². The highest BCUT2D eigenvalue weighted by molar-refractivity contribution is 5.86. The summed E-state index contributed by atoms with van der Waals surface area (Å²) in [5.74, 6) is -1.26. The molecule has 0 aliphatic carbocycles. The van der Waals surface area contributed by atoms with Crippen molar-refractivity contribution in [1.29, 1.82) is 0 Å². The zero-order valence-corrected chi connectivity index (χ0v) is 8.43. The molecule has 0 spiro atoms. The summed E-state index contributed by atoms with van der Waals surface area (Å²) in [7, 11) is 0. The van der Waals surface area contributed by atoms with Gasteiger partial charge in [0.15, 0.2) is 11.5 Å². The van der Waals surface area contributed by atoms with E-state index in [0.717, 1.165) is 6.07 Å². The summed E-state index contributed by atoms with van der Waals surface area (Å²) in [5, 5.41) is 11.9. The van der Waals surface area contributed by atoms with Crippen molar-refractivity contribution in [2.75, 3.05) is 0 Å². The lowest BCUT2D eigenvalue weighted by Crippen LogP contribution is -1.94. The molecule has 0 atom stereocenters. The van der Waals surface area contributed by atoms with Crippen molar-refractivity contribution in [2.45, 2.75) is 6.43 Å². The number of nitrogens with zero attached hydrogens (tertiary/aromatic N) is 1. The van der Waals surface area contributed by atoms with Crippen molar-refractivity contribution in [3.05, 3.63) is 41.6 Å². The second kappa shape index (κ2) is 4.32. The third-order valence-electron chi connectivity index (χ3n) is 2.19. The number of hydrogen-bond acceptors (Lipinski definition) is 3. The average Bonchev–Trinajstić information content (AvgIpc) is 2.78. The first-order chi connectivity index (χ1) is 8.09. The molecule has 1 N–H and O–H groups in total. The Kier molecular flexibility index (Phi) is 2.86. The van der Waals surface area contributed by atoms with Gasteiger partial charge in [-0.1, -0.05) is 29.4 Å². The molecule has 1 aromatic carbocycles. The Morgan fingerprint density at radius 1 is 1.35 bits per heavy atom. The minimum atomic E-state index is -2.66. The van der Waals surface area contributed by atoms with Gasteiger partial charge in [-0.3, -0.25) is 0 Å². The van der Waals surface area contributed by atoms with Crippen molar-refractivity contribution in [2.24, 2.45) is 0 Å². The zero-order chi connectivity index (χ0) is 12.4. The van der Waals surface area contributed by atoms with E-state index in [2.05, 4.69) is 5.16 Å². The SMILES string of the molecule is O=C(O)c1cc(-c2ccccc2C(F)F)on1. The highest BCUT2D eigenvalue weighted by Crippen LogP contribution is 2.31. The van der Waals surface area contributed by atoms with E-state index in [-0.39, 0.29) is 22.6 Å². The first kappa shape index (κ1) is 11.3. The Bertz CT molecular complexity index is 551. The number of rotatable bonds is 3. The predicted molar refractivity (Wildman–Crippen MR) is 53.9 cm³/mol. The van der Waals surface area contributed by atoms with E-state index in [1.54, 1.807) is 6.07 Å². The van der Waals surface area contributed by atoms with E-state index in [0.29, 0.717) is 0 Å². The van der Waals surface area contributed by atoms with Crippen LogP contribution in [0, 0.1) is 0 Å². The van der Waals surface area contributed by atoms with E-state index in [1.165, 1.54) is 18.2 Å². The van der Waals surface area contributed by atoms with E-state index in [1.807, 2.05) is 0 Å². The maximum absolute atomic E-state index is 12.7. The number of carbonyl (C=O) groups is 1. The van der Waals surface area contributed by atoms with Gasteiger partial charge in [0.25, 0.3) is 6.43 Å². The molecule has 6 heteroatoms. The summed E-state index contributed by atoms with van der Waals surface area (Å²) < 4.78 is 30.1. The second-order valence-electron chi connectivity index (χ2n) is 3.27. The smallest absolute Gasteiger partial charge is 0.358 e. The van der Waals surface area contributed by atoms with Crippen molar-refractivity contribution < 1.29 is 23.2 Å². The highest BCUT2D eigenvalue weighted by Gasteiger charge is 2.18. The molecule has 0 aliphatic heterocycles. The number of benzene rings is 1. The summed E-state index contributed by atoms with van der Waals surface area (Å²) in [5.41, 5.74) is -0.396.